The molecule has 0 radical (unpaired) electrons. The summed E-state index contributed by atoms with van der Waals surface area (Å²) in [6.07, 6.45) is 14.5. The maximum atomic E-state index is 12.5. The molecule has 0 spiro atoms. The van der Waals surface area contributed by atoms with E-state index in [2.05, 4.69) is 38.7 Å². The van der Waals surface area contributed by atoms with Crippen LogP contribution in [0.3, 0.4) is 0 Å². The van der Waals surface area contributed by atoms with Crippen LogP contribution < -0.4 is 5.32 Å². The van der Waals surface area contributed by atoms with Gasteiger partial charge < -0.3 is 10.1 Å². The number of ether oxygens (including phenoxy) is 1. The highest BCUT2D eigenvalue weighted by Crippen LogP contribution is 2.68. The van der Waals surface area contributed by atoms with Crippen LogP contribution in [0.2, 0.25) is 0 Å². The topological polar surface area (TPSA) is 55.4 Å². The Bertz CT molecular complexity index is 783. The summed E-state index contributed by atoms with van der Waals surface area (Å²) in [6, 6.07) is 0. The van der Waals surface area contributed by atoms with Crippen LogP contribution in [0.25, 0.3) is 0 Å². The molecule has 0 aliphatic heterocycles. The number of amides is 1. The highest BCUT2D eigenvalue weighted by Gasteiger charge is 2.65. The third-order valence-corrected chi connectivity index (χ3v) is 9.10. The van der Waals surface area contributed by atoms with Crippen LogP contribution in [-0.2, 0) is 9.53 Å². The van der Waals surface area contributed by atoms with Gasteiger partial charge in [-0.25, -0.2) is 4.79 Å². The number of allylic oxidation sites excluding steroid dienone is 4. The van der Waals surface area contributed by atoms with Gasteiger partial charge in [-0.05, 0) is 74.9 Å². The second-order valence-corrected chi connectivity index (χ2v) is 10.0. The number of fused-ring (bicyclic) bond motifs is 5. The minimum Gasteiger partial charge on any atom is -0.442 e. The zero-order valence-corrected chi connectivity index (χ0v) is 18.1. The summed E-state index contributed by atoms with van der Waals surface area (Å²) in [4.78, 5) is 24.4. The van der Waals surface area contributed by atoms with Crippen LogP contribution in [0.1, 0.15) is 65.7 Å². The Balaban J connectivity index is 1.61. The van der Waals surface area contributed by atoms with Gasteiger partial charge in [0.1, 0.15) is 5.60 Å². The van der Waals surface area contributed by atoms with E-state index < -0.39 is 0 Å². The lowest BCUT2D eigenvalue weighted by Gasteiger charge is -2.58. The van der Waals surface area contributed by atoms with Gasteiger partial charge in [0.15, 0.2) is 5.78 Å². The fourth-order valence-corrected chi connectivity index (χ4v) is 7.48. The number of hydrogen-bond donors (Lipinski definition) is 1. The summed E-state index contributed by atoms with van der Waals surface area (Å²) >= 11 is 0. The zero-order valence-electron chi connectivity index (χ0n) is 18.1. The van der Waals surface area contributed by atoms with Crippen molar-refractivity contribution in [3.8, 4) is 0 Å². The van der Waals surface area contributed by atoms with Crippen molar-refractivity contribution in [1.82, 2.24) is 5.32 Å². The molecule has 3 fully saturated rings. The quantitative estimate of drug-likeness (QED) is 0.650. The molecule has 1 amide bonds. The lowest BCUT2D eigenvalue weighted by atomic mass is 9.47. The summed E-state index contributed by atoms with van der Waals surface area (Å²) in [5.74, 6) is 1.91. The molecule has 4 heteroatoms. The van der Waals surface area contributed by atoms with Gasteiger partial charge in [0.2, 0.25) is 0 Å². The molecule has 6 atom stereocenters. The van der Waals surface area contributed by atoms with Crippen molar-refractivity contribution in [1.29, 1.82) is 0 Å². The lowest BCUT2D eigenvalue weighted by molar-refractivity contribution is -0.126. The van der Waals surface area contributed by atoms with E-state index in [1.54, 1.807) is 12.2 Å². The standard InChI is InChI=1S/C25H35NO3/c1-5-15-26-22(28)29-25(6-2)14-11-21-19-8-7-17-16-18(27)9-12-23(17,3)20(19)10-13-24(21,25)4/h5,9,12,16,19-21H,1,6-8,10-11,13-15H2,2-4H3,(H,26,28)/t19-,20+,21+,23+,24+,25-/m1/s1. The number of hydrogen-bond acceptors (Lipinski definition) is 3. The minimum atomic E-state index is -0.386. The first-order chi connectivity index (χ1) is 13.8. The fourth-order valence-electron chi connectivity index (χ4n) is 7.48. The van der Waals surface area contributed by atoms with Gasteiger partial charge >= 0.3 is 6.09 Å². The molecule has 4 rings (SSSR count). The molecule has 0 aromatic carbocycles. The number of carbonyl (C=O) groups excluding carboxylic acids is 2. The van der Waals surface area contributed by atoms with E-state index in [4.69, 9.17) is 4.74 Å². The SMILES string of the molecule is C=CCNC(=O)O[C@]1(CC)CC[C@H]2[C@@H]3CCC4=CC(=O)C=C[C@]4(C)[C@H]3CC[C@@]21C. The minimum absolute atomic E-state index is 0.0117. The molecule has 1 N–H and O–H groups in total. The van der Waals surface area contributed by atoms with Crippen LogP contribution in [0, 0.1) is 28.6 Å². The zero-order chi connectivity index (χ0) is 20.9. The van der Waals surface area contributed by atoms with Crippen LogP contribution >= 0.6 is 0 Å². The molecule has 4 aliphatic carbocycles. The van der Waals surface area contributed by atoms with E-state index in [-0.39, 0.29) is 28.3 Å². The van der Waals surface area contributed by atoms with E-state index in [9.17, 15) is 9.59 Å². The van der Waals surface area contributed by atoms with Crippen molar-refractivity contribution in [3.63, 3.8) is 0 Å². The van der Waals surface area contributed by atoms with Crippen molar-refractivity contribution in [2.24, 2.45) is 28.6 Å². The van der Waals surface area contributed by atoms with E-state index in [0.29, 0.717) is 24.3 Å². The molecule has 0 unspecified atom stereocenters. The number of carbonyl (C=O) groups is 2. The Hall–Kier alpha value is -1.84. The first-order valence-electron chi connectivity index (χ1n) is 11.3. The first-order valence-corrected chi connectivity index (χ1v) is 11.3. The normalized spacial score (nSPS) is 42.9. The molecule has 4 aliphatic rings. The maximum absolute atomic E-state index is 12.5. The Morgan fingerprint density at radius 3 is 2.76 bits per heavy atom. The van der Waals surface area contributed by atoms with Gasteiger partial charge in [-0.1, -0.05) is 38.5 Å². The highest BCUT2D eigenvalue weighted by atomic mass is 16.6. The van der Waals surface area contributed by atoms with Crippen LogP contribution in [-0.4, -0.2) is 24.0 Å². The predicted molar refractivity (Wildman–Crippen MR) is 114 cm³/mol. The van der Waals surface area contributed by atoms with E-state index in [1.807, 2.05) is 6.08 Å². The molecule has 4 nitrogen and oxygen atoms in total. The molecule has 158 valence electrons. The van der Waals surface area contributed by atoms with E-state index in [0.717, 1.165) is 44.9 Å². The van der Waals surface area contributed by atoms with Crippen molar-refractivity contribution in [3.05, 3.63) is 36.5 Å². The molecule has 29 heavy (non-hydrogen) atoms. The molecule has 0 heterocycles. The highest BCUT2D eigenvalue weighted by molar-refractivity contribution is 6.01. The van der Waals surface area contributed by atoms with Crippen LogP contribution in [0.4, 0.5) is 4.79 Å². The second kappa shape index (κ2) is 7.14. The lowest BCUT2D eigenvalue weighted by Crippen LogP contribution is -2.56. The number of rotatable bonds is 4. The van der Waals surface area contributed by atoms with Crippen molar-refractivity contribution < 1.29 is 14.3 Å². The first kappa shape index (κ1) is 20.4. The molecule has 0 aromatic heterocycles. The molecule has 0 saturated heterocycles. The number of alkyl carbamates (subject to hydrolysis) is 1. The Kier molecular flexibility index (Phi) is 5.03. The summed E-state index contributed by atoms with van der Waals surface area (Å²) in [6.45, 7) is 11.0. The monoisotopic (exact) mass is 397 g/mol. The van der Waals surface area contributed by atoms with Crippen molar-refractivity contribution in [2.75, 3.05) is 6.54 Å². The Labute approximate surface area is 174 Å². The largest absolute Gasteiger partial charge is 0.442 e. The Morgan fingerprint density at radius 2 is 2.03 bits per heavy atom. The van der Waals surface area contributed by atoms with Crippen LogP contribution in [0.15, 0.2) is 36.5 Å². The summed E-state index contributed by atoms with van der Waals surface area (Å²) < 4.78 is 6.18. The third-order valence-electron chi connectivity index (χ3n) is 9.10. The molecule has 0 bridgehead atoms. The van der Waals surface area contributed by atoms with Gasteiger partial charge in [0, 0.05) is 17.4 Å². The van der Waals surface area contributed by atoms with Crippen molar-refractivity contribution >= 4 is 11.9 Å². The summed E-state index contributed by atoms with van der Waals surface area (Å²) in [5.41, 5.74) is 0.969. The van der Waals surface area contributed by atoms with Crippen molar-refractivity contribution in [2.45, 2.75) is 71.3 Å². The number of ketones is 1. The average Bonchev–Trinajstić information content (AvgIpc) is 2.99. The molecule has 3 saturated carbocycles. The van der Waals surface area contributed by atoms with Crippen LogP contribution in [0.5, 0.6) is 0 Å². The molecular weight excluding hydrogens is 362 g/mol. The Morgan fingerprint density at radius 1 is 1.28 bits per heavy atom. The van der Waals surface area contributed by atoms with Gasteiger partial charge in [-0.2, -0.15) is 0 Å². The average molecular weight is 398 g/mol. The molecular formula is C25H35NO3. The summed E-state index contributed by atoms with van der Waals surface area (Å²) in [5, 5.41) is 2.81. The smallest absolute Gasteiger partial charge is 0.407 e. The van der Waals surface area contributed by atoms with Gasteiger partial charge in [0.25, 0.3) is 0 Å². The summed E-state index contributed by atoms with van der Waals surface area (Å²) in [7, 11) is 0. The van der Waals surface area contributed by atoms with Gasteiger partial charge in [-0.15, -0.1) is 6.58 Å². The molecule has 0 aromatic rings. The number of nitrogens with one attached hydrogen (secondary N) is 1. The van der Waals surface area contributed by atoms with Gasteiger partial charge in [-0.3, -0.25) is 4.79 Å². The van der Waals surface area contributed by atoms with E-state index >= 15 is 0 Å². The maximum Gasteiger partial charge on any atom is 0.407 e. The third kappa shape index (κ3) is 2.93. The second-order valence-electron chi connectivity index (χ2n) is 10.0. The van der Waals surface area contributed by atoms with E-state index in [1.165, 1.54) is 5.57 Å². The predicted octanol–water partition coefficient (Wildman–Crippen LogP) is 5.36. The van der Waals surface area contributed by atoms with Gasteiger partial charge in [0.05, 0.1) is 0 Å². The fraction of sp³-hybridized carbons (Fsp3) is 0.680.